The number of aliphatic hydroxyl groups is 3. The Kier molecular flexibility index (Phi) is 7.72. The van der Waals surface area contributed by atoms with Gasteiger partial charge in [-0.1, -0.05) is 15.9 Å². The van der Waals surface area contributed by atoms with Gasteiger partial charge in [0.05, 0.1) is 6.61 Å². The standard InChI is InChI=1S/C14H16BrNO9S.Na/c15-6-1-2-8-7(3-6)9(4-16-8)24-14-13(19)12(18)11(17)10(25-14)5-23-26(20,21)22;/h1-4,10-14,16-19H,5H2,(H,20,21,22);/q;+1/p-1/t10?,11-,12+,13+,14+;/m0./s1. The van der Waals surface area contributed by atoms with Crippen LogP contribution in [0, 0.1) is 0 Å². The molecule has 0 spiro atoms. The molecule has 1 fully saturated rings. The van der Waals surface area contributed by atoms with Gasteiger partial charge in [0.1, 0.15) is 30.2 Å². The third kappa shape index (κ3) is 5.42. The number of H-pyrrole nitrogens is 1. The van der Waals surface area contributed by atoms with Gasteiger partial charge >= 0.3 is 29.6 Å². The second-order valence-electron chi connectivity index (χ2n) is 5.67. The largest absolute Gasteiger partial charge is 1.00 e. The van der Waals surface area contributed by atoms with E-state index in [1.54, 1.807) is 12.1 Å². The molecule has 0 aliphatic carbocycles. The van der Waals surface area contributed by atoms with E-state index >= 15 is 0 Å². The summed E-state index contributed by atoms with van der Waals surface area (Å²) < 4.78 is 47.4. The normalized spacial score (nSPS) is 28.7. The van der Waals surface area contributed by atoms with Gasteiger partial charge in [-0.3, -0.25) is 4.18 Å². The summed E-state index contributed by atoms with van der Waals surface area (Å²) in [7, 11) is -5.02. The van der Waals surface area contributed by atoms with Gasteiger partial charge in [-0.2, -0.15) is 0 Å². The summed E-state index contributed by atoms with van der Waals surface area (Å²) in [4.78, 5) is 2.96. The minimum absolute atomic E-state index is 0. The molecule has 0 bridgehead atoms. The summed E-state index contributed by atoms with van der Waals surface area (Å²) in [6, 6.07) is 5.36. The Bertz CT molecular complexity index is 892. The zero-order chi connectivity index (χ0) is 19.1. The minimum atomic E-state index is -5.02. The fourth-order valence-corrected chi connectivity index (χ4v) is 3.25. The number of aliphatic hydroxyl groups excluding tert-OH is 3. The zero-order valence-electron chi connectivity index (χ0n) is 14.0. The zero-order valence-corrected chi connectivity index (χ0v) is 18.4. The Morgan fingerprint density at radius 1 is 1.22 bits per heavy atom. The van der Waals surface area contributed by atoms with E-state index in [4.69, 9.17) is 9.47 Å². The van der Waals surface area contributed by atoms with E-state index in [1.165, 1.54) is 6.20 Å². The van der Waals surface area contributed by atoms with Crippen molar-refractivity contribution in [1.29, 1.82) is 0 Å². The van der Waals surface area contributed by atoms with Gasteiger partial charge in [0, 0.05) is 21.6 Å². The van der Waals surface area contributed by atoms with Gasteiger partial charge in [0.15, 0.2) is 0 Å². The first-order valence-electron chi connectivity index (χ1n) is 7.39. The molecule has 144 valence electrons. The maximum atomic E-state index is 10.6. The Labute approximate surface area is 184 Å². The topological polar surface area (TPSA) is 161 Å². The molecule has 3 rings (SSSR count). The second-order valence-corrected chi connectivity index (χ2v) is 7.64. The van der Waals surface area contributed by atoms with Gasteiger partial charge < -0.3 is 34.3 Å². The summed E-state index contributed by atoms with van der Waals surface area (Å²) >= 11 is 3.33. The molecule has 1 aliphatic rings. The molecule has 2 heterocycles. The average molecular weight is 476 g/mol. The molecule has 4 N–H and O–H groups in total. The molecule has 1 saturated heterocycles. The van der Waals surface area contributed by atoms with Crippen LogP contribution in [0.15, 0.2) is 28.9 Å². The van der Waals surface area contributed by atoms with E-state index < -0.39 is 47.7 Å². The van der Waals surface area contributed by atoms with Crippen LogP contribution in [-0.4, -0.2) is 70.6 Å². The van der Waals surface area contributed by atoms with Crippen molar-refractivity contribution in [3.63, 3.8) is 0 Å². The Morgan fingerprint density at radius 2 is 1.93 bits per heavy atom. The van der Waals surface area contributed by atoms with Gasteiger partial charge in [-0.05, 0) is 18.2 Å². The first-order valence-corrected chi connectivity index (χ1v) is 9.51. The Morgan fingerprint density at radius 3 is 2.59 bits per heavy atom. The van der Waals surface area contributed by atoms with Crippen molar-refractivity contribution in [2.45, 2.75) is 30.7 Å². The van der Waals surface area contributed by atoms with E-state index in [1.807, 2.05) is 6.07 Å². The number of halogens is 1. The molecule has 27 heavy (non-hydrogen) atoms. The summed E-state index contributed by atoms with van der Waals surface area (Å²) in [5.74, 6) is 0.296. The predicted octanol–water partition coefficient (Wildman–Crippen LogP) is -3.40. The number of hydrogen-bond acceptors (Lipinski definition) is 9. The third-order valence-corrected chi connectivity index (χ3v) is 4.81. The van der Waals surface area contributed by atoms with Crippen LogP contribution < -0.4 is 34.3 Å². The van der Waals surface area contributed by atoms with Crippen molar-refractivity contribution in [2.24, 2.45) is 0 Å². The molecule has 0 amide bonds. The summed E-state index contributed by atoms with van der Waals surface area (Å²) in [6.45, 7) is -0.837. The maximum Gasteiger partial charge on any atom is 1.00 e. The van der Waals surface area contributed by atoms with Crippen molar-refractivity contribution >= 4 is 37.2 Å². The molecule has 5 atom stereocenters. The van der Waals surface area contributed by atoms with Crippen LogP contribution in [0.4, 0.5) is 0 Å². The van der Waals surface area contributed by atoms with Crippen molar-refractivity contribution in [2.75, 3.05) is 6.61 Å². The van der Waals surface area contributed by atoms with Crippen LogP contribution in [-0.2, 0) is 19.3 Å². The quantitative estimate of drug-likeness (QED) is 0.196. The summed E-state index contributed by atoms with van der Waals surface area (Å²) in [5, 5.41) is 30.6. The number of benzene rings is 1. The van der Waals surface area contributed by atoms with Crippen molar-refractivity contribution in [3.05, 3.63) is 28.9 Å². The molecule has 0 saturated carbocycles. The van der Waals surface area contributed by atoms with Crippen molar-refractivity contribution in [3.8, 4) is 5.75 Å². The number of rotatable bonds is 5. The molecule has 1 aromatic heterocycles. The number of aromatic nitrogens is 1. The molecule has 2 aromatic rings. The van der Waals surface area contributed by atoms with Crippen molar-refractivity contribution < 1.29 is 71.5 Å². The van der Waals surface area contributed by atoms with Crippen LogP contribution >= 0.6 is 15.9 Å². The van der Waals surface area contributed by atoms with Crippen LogP contribution in [0.5, 0.6) is 5.75 Å². The molecule has 13 heteroatoms. The van der Waals surface area contributed by atoms with Crippen LogP contribution in [0.2, 0.25) is 0 Å². The maximum absolute atomic E-state index is 10.6. The number of fused-ring (bicyclic) bond motifs is 1. The number of ether oxygens (including phenoxy) is 2. The van der Waals surface area contributed by atoms with E-state index in [0.29, 0.717) is 11.1 Å². The molecule has 1 aromatic carbocycles. The number of aromatic amines is 1. The summed E-state index contributed by atoms with van der Waals surface area (Å²) in [6.07, 6.45) is -6.33. The average Bonchev–Trinajstić information content (AvgIpc) is 2.95. The van der Waals surface area contributed by atoms with E-state index in [9.17, 15) is 28.3 Å². The molecular weight excluding hydrogens is 461 g/mol. The minimum Gasteiger partial charge on any atom is -0.726 e. The Hall–Kier alpha value is -0.250. The second kappa shape index (κ2) is 9.05. The predicted molar refractivity (Wildman–Crippen MR) is 89.0 cm³/mol. The fourth-order valence-electron chi connectivity index (χ4n) is 2.59. The van der Waals surface area contributed by atoms with E-state index in [0.717, 1.165) is 9.99 Å². The van der Waals surface area contributed by atoms with Crippen LogP contribution in [0.3, 0.4) is 0 Å². The van der Waals surface area contributed by atoms with Gasteiger partial charge in [-0.25, -0.2) is 8.42 Å². The number of nitrogens with one attached hydrogen (secondary N) is 1. The monoisotopic (exact) mass is 475 g/mol. The van der Waals surface area contributed by atoms with Crippen LogP contribution in [0.1, 0.15) is 0 Å². The first-order chi connectivity index (χ1) is 12.2. The van der Waals surface area contributed by atoms with Crippen molar-refractivity contribution in [1.82, 2.24) is 4.98 Å². The molecule has 1 unspecified atom stereocenters. The van der Waals surface area contributed by atoms with Gasteiger partial charge in [0.2, 0.25) is 16.7 Å². The smallest absolute Gasteiger partial charge is 0.726 e. The van der Waals surface area contributed by atoms with E-state index in [-0.39, 0.29) is 29.6 Å². The third-order valence-electron chi connectivity index (χ3n) is 3.89. The molecule has 10 nitrogen and oxygen atoms in total. The van der Waals surface area contributed by atoms with Gasteiger partial charge in [-0.15, -0.1) is 0 Å². The SMILES string of the molecule is O=S(=O)([O-])OCC1O[C@@H](Oc2c[nH]c3ccc(Br)cc23)[C@H](O)[C@H](O)[C@H]1O.[Na+]. The van der Waals surface area contributed by atoms with Gasteiger partial charge in [0.25, 0.3) is 0 Å². The Balaban J connectivity index is 0.00000261. The van der Waals surface area contributed by atoms with E-state index in [2.05, 4.69) is 25.1 Å². The molecule has 1 aliphatic heterocycles. The number of hydrogen-bond donors (Lipinski definition) is 4. The fraction of sp³-hybridized carbons (Fsp3) is 0.429. The molecular formula is C14H15BrNNaO9S. The summed E-state index contributed by atoms with van der Waals surface area (Å²) in [5.41, 5.74) is 0.742. The first kappa shape index (κ1) is 23.0. The molecule has 0 radical (unpaired) electrons. The van der Waals surface area contributed by atoms with Crippen LogP contribution in [0.25, 0.3) is 10.9 Å².